The van der Waals surface area contributed by atoms with Crippen LogP contribution in [-0.2, 0) is 9.84 Å². The van der Waals surface area contributed by atoms with E-state index in [0.29, 0.717) is 48.3 Å². The van der Waals surface area contributed by atoms with E-state index in [-0.39, 0.29) is 34.2 Å². The van der Waals surface area contributed by atoms with Crippen molar-refractivity contribution in [2.24, 2.45) is 0 Å². The van der Waals surface area contributed by atoms with E-state index in [2.05, 4.69) is 36.4 Å². The minimum Gasteiger partial charge on any atom is -0.490 e. The lowest BCUT2D eigenvalue weighted by Gasteiger charge is -2.27. The van der Waals surface area contributed by atoms with Crippen molar-refractivity contribution in [3.8, 4) is 33.8 Å². The summed E-state index contributed by atoms with van der Waals surface area (Å²) in [4.78, 5) is 0.355. The van der Waals surface area contributed by atoms with Crippen LogP contribution in [0.2, 0.25) is 0 Å². The van der Waals surface area contributed by atoms with Gasteiger partial charge in [0.15, 0.2) is 0 Å². The van der Waals surface area contributed by atoms with Crippen molar-refractivity contribution in [2.45, 2.75) is 85.6 Å². The fourth-order valence-corrected chi connectivity index (χ4v) is 8.86. The standard InChI is InChI=1S/C44H42O6S/c45-35-13-17-37(18-14-35)49-43-23-21-39(27-41(43)33-11-9-29-5-1-3-7-31(29)25-33)51(47,48)40-22-24-44(50-38-19-15-36(46)16-20-38)42(28-40)34-12-10-30-6-2-4-8-32(30)26-34/h1-12,21-28,35-38,45-46H,13-20H2. The Hall–Kier alpha value is -4.69. The minimum atomic E-state index is -3.98. The van der Waals surface area contributed by atoms with Crippen LogP contribution >= 0.6 is 0 Å². The van der Waals surface area contributed by atoms with Crippen molar-refractivity contribution < 1.29 is 28.1 Å². The van der Waals surface area contributed by atoms with Gasteiger partial charge in [0.2, 0.25) is 9.84 Å². The fraction of sp³-hybridized carbons (Fsp3) is 0.273. The maximum atomic E-state index is 14.6. The molecular formula is C44H42O6S. The highest BCUT2D eigenvalue weighted by Gasteiger charge is 2.27. The molecule has 260 valence electrons. The van der Waals surface area contributed by atoms with Gasteiger partial charge in [-0.05, 0) is 133 Å². The highest BCUT2D eigenvalue weighted by Crippen LogP contribution is 2.40. The van der Waals surface area contributed by atoms with E-state index in [1.54, 1.807) is 36.4 Å². The Morgan fingerprint density at radius 3 is 1.25 bits per heavy atom. The lowest BCUT2D eigenvalue weighted by Crippen LogP contribution is -2.26. The van der Waals surface area contributed by atoms with Crippen LogP contribution in [0.15, 0.2) is 131 Å². The number of fused-ring (bicyclic) bond motifs is 2. The average Bonchev–Trinajstić information content (AvgIpc) is 3.16. The third kappa shape index (κ3) is 7.11. The number of aliphatic hydroxyl groups excluding tert-OH is 2. The molecule has 6 aromatic carbocycles. The van der Waals surface area contributed by atoms with Gasteiger partial charge in [-0.1, -0.05) is 72.8 Å². The molecule has 2 aliphatic carbocycles. The van der Waals surface area contributed by atoms with E-state index in [1.807, 2.05) is 48.5 Å². The molecule has 2 N–H and O–H groups in total. The van der Waals surface area contributed by atoms with Crippen LogP contribution in [0, 0.1) is 0 Å². The van der Waals surface area contributed by atoms with E-state index in [0.717, 1.165) is 58.4 Å². The molecule has 51 heavy (non-hydrogen) atoms. The van der Waals surface area contributed by atoms with Crippen molar-refractivity contribution in [3.63, 3.8) is 0 Å². The summed E-state index contributed by atoms with van der Waals surface area (Å²) >= 11 is 0. The third-order valence-corrected chi connectivity index (χ3v) is 12.3. The van der Waals surface area contributed by atoms with E-state index in [1.165, 1.54) is 0 Å². The molecule has 0 radical (unpaired) electrons. The predicted molar refractivity (Wildman–Crippen MR) is 202 cm³/mol. The second-order valence-electron chi connectivity index (χ2n) is 14.0. The highest BCUT2D eigenvalue weighted by atomic mass is 32.2. The number of benzene rings is 6. The second-order valence-corrected chi connectivity index (χ2v) is 16.0. The van der Waals surface area contributed by atoms with Crippen LogP contribution < -0.4 is 9.47 Å². The van der Waals surface area contributed by atoms with Crippen molar-refractivity contribution in [2.75, 3.05) is 0 Å². The quantitative estimate of drug-likeness (QED) is 0.165. The largest absolute Gasteiger partial charge is 0.490 e. The van der Waals surface area contributed by atoms with Crippen LogP contribution in [0.1, 0.15) is 51.4 Å². The summed E-state index contributed by atoms with van der Waals surface area (Å²) in [5, 5.41) is 24.4. The fourth-order valence-electron chi connectivity index (χ4n) is 7.54. The van der Waals surface area contributed by atoms with Crippen molar-refractivity contribution in [1.29, 1.82) is 0 Å². The molecule has 0 atom stereocenters. The number of ether oxygens (including phenoxy) is 2. The molecular weight excluding hydrogens is 657 g/mol. The van der Waals surface area contributed by atoms with Crippen LogP contribution in [0.25, 0.3) is 43.8 Å². The van der Waals surface area contributed by atoms with Gasteiger partial charge in [-0.25, -0.2) is 8.42 Å². The predicted octanol–water partition coefficient (Wildman–Crippen LogP) is 9.52. The topological polar surface area (TPSA) is 93.1 Å². The monoisotopic (exact) mass is 698 g/mol. The summed E-state index contributed by atoms with van der Waals surface area (Å²) in [6.07, 6.45) is 4.99. The summed E-state index contributed by atoms with van der Waals surface area (Å²) in [5.74, 6) is 1.26. The van der Waals surface area contributed by atoms with Gasteiger partial charge in [-0.3, -0.25) is 0 Å². The maximum absolute atomic E-state index is 14.6. The Balaban J connectivity index is 1.20. The maximum Gasteiger partial charge on any atom is 0.206 e. The molecule has 7 heteroatoms. The second kappa shape index (κ2) is 14.1. The Kier molecular flexibility index (Phi) is 9.28. The number of sulfone groups is 1. The van der Waals surface area contributed by atoms with Crippen LogP contribution in [-0.4, -0.2) is 43.0 Å². The first-order valence-electron chi connectivity index (χ1n) is 18.0. The minimum absolute atomic E-state index is 0.0560. The highest BCUT2D eigenvalue weighted by molar-refractivity contribution is 7.91. The molecule has 0 heterocycles. The lowest BCUT2D eigenvalue weighted by atomic mass is 9.95. The Bertz CT molecular complexity index is 2140. The molecule has 0 unspecified atom stereocenters. The summed E-state index contributed by atoms with van der Waals surface area (Å²) in [7, 11) is -3.98. The van der Waals surface area contributed by atoms with E-state index in [4.69, 9.17) is 9.47 Å². The number of hydrogen-bond acceptors (Lipinski definition) is 6. The summed E-state index contributed by atoms with van der Waals surface area (Å²) in [5.41, 5.74) is 3.16. The Morgan fingerprint density at radius 2 is 0.843 bits per heavy atom. The first-order chi connectivity index (χ1) is 24.8. The van der Waals surface area contributed by atoms with Crippen molar-refractivity contribution >= 4 is 31.4 Å². The molecule has 6 nitrogen and oxygen atoms in total. The van der Waals surface area contributed by atoms with Gasteiger partial charge in [0, 0.05) is 11.1 Å². The van der Waals surface area contributed by atoms with Gasteiger partial charge in [-0.2, -0.15) is 0 Å². The van der Waals surface area contributed by atoms with Gasteiger partial charge in [-0.15, -0.1) is 0 Å². The molecule has 2 fully saturated rings. The Morgan fingerprint density at radius 1 is 0.451 bits per heavy atom. The molecule has 2 aliphatic rings. The molecule has 0 spiro atoms. The SMILES string of the molecule is O=S(=O)(c1ccc(OC2CCC(O)CC2)c(-c2ccc3ccccc3c2)c1)c1ccc(OC2CCC(O)CC2)c(-c2ccc3ccccc3c2)c1. The Labute approximate surface area is 299 Å². The molecule has 6 aromatic rings. The van der Waals surface area contributed by atoms with Gasteiger partial charge < -0.3 is 19.7 Å². The molecule has 0 saturated heterocycles. The van der Waals surface area contributed by atoms with Gasteiger partial charge in [0.1, 0.15) is 11.5 Å². The van der Waals surface area contributed by atoms with Crippen LogP contribution in [0.4, 0.5) is 0 Å². The third-order valence-electron chi connectivity index (χ3n) is 10.5. The first-order valence-corrected chi connectivity index (χ1v) is 19.5. The number of hydrogen-bond donors (Lipinski definition) is 2. The van der Waals surface area contributed by atoms with Gasteiger partial charge >= 0.3 is 0 Å². The van der Waals surface area contributed by atoms with Crippen molar-refractivity contribution in [1.82, 2.24) is 0 Å². The van der Waals surface area contributed by atoms with E-state index < -0.39 is 9.84 Å². The van der Waals surface area contributed by atoms with Gasteiger partial charge in [0.05, 0.1) is 34.2 Å². The molecule has 0 aliphatic heterocycles. The van der Waals surface area contributed by atoms with Crippen LogP contribution in [0.3, 0.4) is 0 Å². The molecule has 8 rings (SSSR count). The lowest BCUT2D eigenvalue weighted by molar-refractivity contribution is 0.0668. The molecule has 0 aromatic heterocycles. The van der Waals surface area contributed by atoms with Crippen LogP contribution in [0.5, 0.6) is 11.5 Å². The number of rotatable bonds is 8. The smallest absolute Gasteiger partial charge is 0.206 e. The summed E-state index contributed by atoms with van der Waals surface area (Å²) in [6.45, 7) is 0. The number of aliphatic hydroxyl groups is 2. The summed E-state index contributed by atoms with van der Waals surface area (Å²) < 4.78 is 42.2. The van der Waals surface area contributed by atoms with Crippen molar-refractivity contribution in [3.05, 3.63) is 121 Å². The average molecular weight is 699 g/mol. The zero-order valence-corrected chi connectivity index (χ0v) is 29.3. The molecule has 2 saturated carbocycles. The van der Waals surface area contributed by atoms with E-state index in [9.17, 15) is 18.6 Å². The van der Waals surface area contributed by atoms with E-state index >= 15 is 0 Å². The summed E-state index contributed by atoms with van der Waals surface area (Å²) in [6, 6.07) is 38.8. The molecule has 0 bridgehead atoms. The molecule has 0 amide bonds. The normalized spacial score (nSPS) is 21.1. The van der Waals surface area contributed by atoms with Gasteiger partial charge in [0.25, 0.3) is 0 Å². The zero-order valence-electron chi connectivity index (χ0n) is 28.4. The first kappa shape index (κ1) is 33.5. The zero-order chi connectivity index (χ0) is 35.0.